The zero-order valence-corrected chi connectivity index (χ0v) is 8.56. The third-order valence-corrected chi connectivity index (χ3v) is 0.964. The highest BCUT2D eigenvalue weighted by molar-refractivity contribution is 5.42. The normalized spacial score (nSPS) is 10.7. The van der Waals surface area contributed by atoms with Gasteiger partial charge in [-0.15, -0.1) is 0 Å². The van der Waals surface area contributed by atoms with Gasteiger partial charge in [-0.1, -0.05) is 33.1 Å². The van der Waals surface area contributed by atoms with E-state index in [1.807, 2.05) is 13.8 Å². The summed E-state index contributed by atoms with van der Waals surface area (Å²) in [5.74, 6) is 0.127. The number of aliphatic hydroxyl groups excluding tert-OH is 1. The van der Waals surface area contributed by atoms with Gasteiger partial charge in [-0.3, -0.25) is 4.79 Å². The van der Waals surface area contributed by atoms with Crippen LogP contribution < -0.4 is 0 Å². The highest BCUT2D eigenvalue weighted by Gasteiger charge is 1.91. The summed E-state index contributed by atoms with van der Waals surface area (Å²) in [4.78, 5) is 9.88. The second kappa shape index (κ2) is 11.2. The van der Waals surface area contributed by atoms with Crippen LogP contribution in [0.3, 0.4) is 0 Å². The third kappa shape index (κ3) is 8.33. The van der Waals surface area contributed by atoms with Crippen molar-refractivity contribution in [2.24, 2.45) is 0 Å². The molecule has 0 atom stereocenters. The van der Waals surface area contributed by atoms with E-state index >= 15 is 0 Å². The molecule has 0 saturated heterocycles. The molecule has 0 bridgehead atoms. The van der Waals surface area contributed by atoms with Gasteiger partial charge >= 0.3 is 0 Å². The van der Waals surface area contributed by atoms with E-state index in [-0.39, 0.29) is 18.0 Å². The summed E-state index contributed by atoms with van der Waals surface area (Å²) in [5, 5.41) is 9.05. The maximum absolute atomic E-state index is 9.88. The van der Waals surface area contributed by atoms with Gasteiger partial charge in [0.2, 0.25) is 0 Å². The summed E-state index contributed by atoms with van der Waals surface area (Å²) in [6.45, 7) is 11.0. The Kier molecular flexibility index (Phi) is 11.8. The van der Waals surface area contributed by atoms with Gasteiger partial charge in [-0.2, -0.15) is 0 Å². The zero-order valence-electron chi connectivity index (χ0n) is 8.56. The molecule has 0 unspecified atom stereocenters. The molecule has 3 nitrogen and oxygen atoms in total. The Morgan fingerprint density at radius 3 is 2.29 bits per heavy atom. The van der Waals surface area contributed by atoms with Crippen LogP contribution in [0.25, 0.3) is 0 Å². The van der Waals surface area contributed by atoms with Crippen molar-refractivity contribution >= 4 is 6.47 Å². The van der Waals surface area contributed by atoms with E-state index < -0.39 is 0 Å². The lowest BCUT2D eigenvalue weighted by Gasteiger charge is -1.96. The van der Waals surface area contributed by atoms with E-state index in [2.05, 4.69) is 17.9 Å². The number of hydrogen-bond donors (Lipinski definition) is 1. The van der Waals surface area contributed by atoms with Crippen LogP contribution in [0.5, 0.6) is 0 Å². The lowest BCUT2D eigenvalue weighted by molar-refractivity contribution is -0.124. The van der Waals surface area contributed by atoms with Crippen molar-refractivity contribution in [2.75, 3.05) is 0 Å². The minimum absolute atomic E-state index is 0.0539. The molecular weight excluding hydrogens is 180 g/mol. The molecular formula is C11H16O3. The fourth-order valence-electron chi connectivity index (χ4n) is 0.511. The standard InChI is InChI=1S/C9H10O3.C2H6/c1-3-5-8(11)6-9(4-2)12-7-10;1-2/h3-7,11H,1-2H2;1-2H3/b8-5+,9-6+;. The average Bonchev–Trinajstić information content (AvgIpc) is 2.20. The maximum atomic E-state index is 9.88. The van der Waals surface area contributed by atoms with Crippen molar-refractivity contribution in [1.82, 2.24) is 0 Å². The van der Waals surface area contributed by atoms with Crippen LogP contribution in [0.1, 0.15) is 13.8 Å². The van der Waals surface area contributed by atoms with Gasteiger partial charge in [-0.25, -0.2) is 0 Å². The van der Waals surface area contributed by atoms with Crippen molar-refractivity contribution in [3.8, 4) is 0 Å². The number of hydrogen-bond acceptors (Lipinski definition) is 3. The van der Waals surface area contributed by atoms with Crippen molar-refractivity contribution in [2.45, 2.75) is 13.8 Å². The van der Waals surface area contributed by atoms with Gasteiger partial charge in [0.05, 0.1) is 0 Å². The predicted molar refractivity (Wildman–Crippen MR) is 57.7 cm³/mol. The van der Waals surface area contributed by atoms with Crippen molar-refractivity contribution in [1.29, 1.82) is 0 Å². The molecule has 0 aliphatic heterocycles. The van der Waals surface area contributed by atoms with Crippen molar-refractivity contribution in [3.05, 3.63) is 49.0 Å². The predicted octanol–water partition coefficient (Wildman–Crippen LogP) is 2.88. The molecule has 0 aromatic heterocycles. The second-order valence-corrected chi connectivity index (χ2v) is 1.79. The molecule has 0 radical (unpaired) electrons. The van der Waals surface area contributed by atoms with Gasteiger partial charge < -0.3 is 9.84 Å². The van der Waals surface area contributed by atoms with Crippen LogP contribution >= 0.6 is 0 Å². The minimum Gasteiger partial charge on any atom is -0.508 e. The van der Waals surface area contributed by atoms with E-state index in [0.29, 0.717) is 0 Å². The maximum Gasteiger partial charge on any atom is 0.298 e. The molecule has 0 aromatic rings. The lowest BCUT2D eigenvalue weighted by Crippen LogP contribution is -1.86. The highest BCUT2D eigenvalue weighted by Crippen LogP contribution is 2.01. The van der Waals surface area contributed by atoms with E-state index in [0.717, 1.165) is 0 Å². The van der Waals surface area contributed by atoms with E-state index in [1.54, 1.807) is 0 Å². The Labute approximate surface area is 84.7 Å². The summed E-state index contributed by atoms with van der Waals surface area (Å²) in [5.41, 5.74) is 0. The SMILES string of the molecule is C=C/C=C(O)\C=C(/C=C)OC=O.CC. The molecule has 0 fully saturated rings. The minimum atomic E-state index is -0.0539. The largest absolute Gasteiger partial charge is 0.508 e. The number of aliphatic hydroxyl groups is 1. The first-order chi connectivity index (χ1) is 6.74. The van der Waals surface area contributed by atoms with E-state index in [1.165, 1.54) is 24.3 Å². The molecule has 0 aliphatic carbocycles. The van der Waals surface area contributed by atoms with Gasteiger partial charge in [0, 0.05) is 6.08 Å². The topological polar surface area (TPSA) is 46.5 Å². The second-order valence-electron chi connectivity index (χ2n) is 1.79. The van der Waals surface area contributed by atoms with Crippen LogP contribution in [0, 0.1) is 0 Å². The first-order valence-electron chi connectivity index (χ1n) is 4.20. The summed E-state index contributed by atoms with van der Waals surface area (Å²) in [6.07, 6.45) is 5.33. The Hall–Kier alpha value is -1.77. The summed E-state index contributed by atoms with van der Waals surface area (Å²) >= 11 is 0. The Morgan fingerprint density at radius 2 is 1.93 bits per heavy atom. The Bertz CT molecular complexity index is 237. The molecule has 0 heterocycles. The smallest absolute Gasteiger partial charge is 0.298 e. The third-order valence-electron chi connectivity index (χ3n) is 0.964. The van der Waals surface area contributed by atoms with Crippen molar-refractivity contribution < 1.29 is 14.6 Å². The number of ether oxygens (including phenoxy) is 1. The van der Waals surface area contributed by atoms with Crippen LogP contribution in [-0.2, 0) is 9.53 Å². The molecule has 0 aromatic carbocycles. The summed E-state index contributed by atoms with van der Waals surface area (Å²) in [6, 6.07) is 0. The van der Waals surface area contributed by atoms with Gasteiger partial charge in [0.15, 0.2) is 0 Å². The lowest BCUT2D eigenvalue weighted by atomic mass is 10.3. The molecule has 0 saturated carbocycles. The highest BCUT2D eigenvalue weighted by atomic mass is 16.5. The molecule has 14 heavy (non-hydrogen) atoms. The van der Waals surface area contributed by atoms with Gasteiger partial charge in [0.1, 0.15) is 11.5 Å². The Morgan fingerprint density at radius 1 is 1.36 bits per heavy atom. The summed E-state index contributed by atoms with van der Waals surface area (Å²) < 4.78 is 4.44. The van der Waals surface area contributed by atoms with Crippen LogP contribution in [-0.4, -0.2) is 11.6 Å². The molecule has 3 heteroatoms. The fourth-order valence-corrected chi connectivity index (χ4v) is 0.511. The quantitative estimate of drug-likeness (QED) is 0.418. The zero-order chi connectivity index (χ0) is 11.4. The molecule has 0 amide bonds. The van der Waals surface area contributed by atoms with Crippen LogP contribution in [0.2, 0.25) is 0 Å². The summed E-state index contributed by atoms with van der Waals surface area (Å²) in [7, 11) is 0. The molecule has 0 spiro atoms. The fraction of sp³-hybridized carbons (Fsp3) is 0.182. The number of carbonyl (C=O) groups excluding carboxylic acids is 1. The molecule has 78 valence electrons. The van der Waals surface area contributed by atoms with Crippen molar-refractivity contribution in [3.63, 3.8) is 0 Å². The molecule has 0 aliphatic rings. The first-order valence-corrected chi connectivity index (χ1v) is 4.20. The van der Waals surface area contributed by atoms with Gasteiger partial charge in [0.25, 0.3) is 6.47 Å². The molecule has 0 rings (SSSR count). The van der Waals surface area contributed by atoms with Crippen LogP contribution in [0.4, 0.5) is 0 Å². The monoisotopic (exact) mass is 196 g/mol. The Balaban J connectivity index is 0. The number of allylic oxidation sites excluding steroid dienone is 4. The first kappa shape index (κ1) is 14.7. The van der Waals surface area contributed by atoms with Gasteiger partial charge in [-0.05, 0) is 12.2 Å². The van der Waals surface area contributed by atoms with E-state index in [4.69, 9.17) is 5.11 Å². The van der Waals surface area contributed by atoms with E-state index in [9.17, 15) is 4.79 Å². The average molecular weight is 196 g/mol. The number of rotatable bonds is 5. The molecule has 1 N–H and O–H groups in total. The van der Waals surface area contributed by atoms with Crippen LogP contribution in [0.15, 0.2) is 49.0 Å². The number of carbonyl (C=O) groups is 1.